The van der Waals surface area contributed by atoms with Crippen molar-refractivity contribution in [3.8, 4) is 23.7 Å². The second-order valence-corrected chi connectivity index (χ2v) is 27.3. The molecule has 15 rings (SSSR count). The lowest BCUT2D eigenvalue weighted by molar-refractivity contribution is -0.390. The fourth-order valence-corrected chi connectivity index (χ4v) is 22.1. The van der Waals surface area contributed by atoms with E-state index < -0.39 is 86.9 Å². The average Bonchev–Trinajstić information content (AvgIpc) is 2.75. The molecule has 402 valence electrons. The molecule has 76 heavy (non-hydrogen) atoms. The van der Waals surface area contributed by atoms with E-state index in [1.165, 1.54) is 18.4 Å². The first-order valence-electron chi connectivity index (χ1n) is 29.8. The zero-order chi connectivity index (χ0) is 52.1. The summed E-state index contributed by atoms with van der Waals surface area (Å²) in [6.07, 6.45) is 16.2. The molecule has 8 fully saturated rings. The van der Waals surface area contributed by atoms with Crippen molar-refractivity contribution in [2.24, 2.45) is 93.2 Å². The zero-order valence-electron chi connectivity index (χ0n) is 44.3. The predicted octanol–water partition coefficient (Wildman–Crippen LogP) is 7.18. The number of likely N-dealkylation sites (N-methyl/N-ethyl adjacent to an activating group) is 1. The van der Waals surface area contributed by atoms with Crippen molar-refractivity contribution in [2.45, 2.75) is 170 Å². The molecule has 2 spiro atoms. The van der Waals surface area contributed by atoms with Crippen molar-refractivity contribution in [3.63, 3.8) is 0 Å². The van der Waals surface area contributed by atoms with Gasteiger partial charge in [-0.15, -0.1) is 5.92 Å². The highest BCUT2D eigenvalue weighted by molar-refractivity contribution is 5.86. The predicted molar refractivity (Wildman–Crippen MR) is 285 cm³/mol. The van der Waals surface area contributed by atoms with Gasteiger partial charge in [0.15, 0.2) is 0 Å². The number of aliphatic hydroxyl groups excluding tert-OH is 3. The summed E-state index contributed by atoms with van der Waals surface area (Å²) in [6, 6.07) is 16.2. The topological polar surface area (TPSA) is 177 Å². The smallest absolute Gasteiger partial charge is 0.331 e. The van der Waals surface area contributed by atoms with Gasteiger partial charge < -0.3 is 45.5 Å². The summed E-state index contributed by atoms with van der Waals surface area (Å²) in [4.78, 5) is 29.5. The summed E-state index contributed by atoms with van der Waals surface area (Å²) < 4.78 is 6.43. The molecule has 0 saturated heterocycles. The highest BCUT2D eigenvalue weighted by atomic mass is 16.5. The van der Waals surface area contributed by atoms with Crippen LogP contribution in [0.15, 0.2) is 72.3 Å². The Kier molecular flexibility index (Phi) is 11.8. The first kappa shape index (κ1) is 50.1. The highest BCUT2D eigenvalue weighted by Gasteiger charge is 2.88. The minimum absolute atomic E-state index is 0.000577. The minimum atomic E-state index is -2.36. The Morgan fingerprint density at radius 1 is 0.842 bits per heavy atom. The van der Waals surface area contributed by atoms with Gasteiger partial charge in [-0.25, -0.2) is 4.79 Å². The molecule has 0 radical (unpaired) electrons. The van der Waals surface area contributed by atoms with Crippen LogP contribution < -0.4 is 5.32 Å². The first-order valence-corrected chi connectivity index (χ1v) is 29.8. The molecule has 10 nitrogen and oxygen atoms in total. The first-order chi connectivity index (χ1) is 36.8. The van der Waals surface area contributed by atoms with Crippen LogP contribution >= 0.6 is 0 Å². The SMILES string of the molecule is CN[C@H]1Cc2c(cccc2CO)C#CCC[C@]23C[C@H]4C#CC[C@@H](Cc5ccccc5)[C@H]5CC[C@@]6(C5)C[C@]5(C=O)[C@@H]4[C@@](O)([C@@H](O)[C@@H]4C[C@@H]7[C@H](C=CC[C@@H]7C7CCCC7)C[C@@H]([C@H]6O)[C@@]45O)[C@@]2(O)C[C@@H]2C[C@@H]1[C@@H]1OC(=O)C=C1[C@@H]23. The Morgan fingerprint density at radius 2 is 1.66 bits per heavy atom. The molecule has 13 aliphatic rings. The van der Waals surface area contributed by atoms with Crippen LogP contribution in [0.4, 0.5) is 0 Å². The number of benzene rings is 2. The van der Waals surface area contributed by atoms with Gasteiger partial charge in [-0.2, -0.15) is 0 Å². The van der Waals surface area contributed by atoms with Crippen molar-refractivity contribution in [1.82, 2.24) is 5.32 Å². The molecule has 1 heterocycles. The van der Waals surface area contributed by atoms with Gasteiger partial charge in [0, 0.05) is 65.5 Å². The summed E-state index contributed by atoms with van der Waals surface area (Å²) in [5.41, 5.74) is -5.39. The maximum Gasteiger partial charge on any atom is 0.331 e. The molecule has 1 aliphatic heterocycles. The number of rotatable bonds is 6. The van der Waals surface area contributed by atoms with Crippen molar-refractivity contribution in [2.75, 3.05) is 7.05 Å². The number of esters is 1. The Hall–Kier alpha value is -4.10. The molecule has 2 aromatic rings. The summed E-state index contributed by atoms with van der Waals surface area (Å²) in [7, 11) is 1.92. The molecule has 7 N–H and O–H groups in total. The van der Waals surface area contributed by atoms with Gasteiger partial charge in [-0.1, -0.05) is 98.1 Å². The second-order valence-electron chi connectivity index (χ2n) is 27.3. The normalized spacial score (nSPS) is 49.2. The van der Waals surface area contributed by atoms with Crippen LogP contribution in [0.1, 0.15) is 131 Å². The van der Waals surface area contributed by atoms with E-state index >= 15 is 9.90 Å². The maximum atomic E-state index is 15.5. The van der Waals surface area contributed by atoms with Gasteiger partial charge in [0.05, 0.1) is 29.8 Å². The summed E-state index contributed by atoms with van der Waals surface area (Å²) >= 11 is 0. The van der Waals surface area contributed by atoms with Gasteiger partial charge in [-0.3, -0.25) is 0 Å². The summed E-state index contributed by atoms with van der Waals surface area (Å²) in [6.45, 7) is -0.146. The van der Waals surface area contributed by atoms with Gasteiger partial charge in [0.2, 0.25) is 0 Å². The van der Waals surface area contributed by atoms with E-state index in [0.29, 0.717) is 63.7 Å². The number of carbonyl (C=O) groups excluding carboxylic acids is 2. The number of nitrogens with one attached hydrogen (secondary N) is 1. The van der Waals surface area contributed by atoms with Crippen LogP contribution in [0, 0.1) is 117 Å². The minimum Gasteiger partial charge on any atom is -0.454 e. The molecule has 0 amide bonds. The van der Waals surface area contributed by atoms with Gasteiger partial charge in [-0.05, 0) is 172 Å². The van der Waals surface area contributed by atoms with Crippen LogP contribution in [0.3, 0.4) is 0 Å². The fourth-order valence-electron chi connectivity index (χ4n) is 22.1. The molecule has 0 aromatic heterocycles. The number of ether oxygens (including phenoxy) is 1. The molecule has 0 unspecified atom stereocenters. The molecule has 12 aliphatic carbocycles. The molecule has 2 aromatic carbocycles. The van der Waals surface area contributed by atoms with E-state index in [9.17, 15) is 30.3 Å². The van der Waals surface area contributed by atoms with Crippen molar-refractivity contribution in [3.05, 3.63) is 94.6 Å². The quantitative estimate of drug-likeness (QED) is 0.0680. The third kappa shape index (κ3) is 6.62. The lowest BCUT2D eigenvalue weighted by Gasteiger charge is -2.75. The van der Waals surface area contributed by atoms with Crippen LogP contribution in [0.5, 0.6) is 0 Å². The van der Waals surface area contributed by atoms with Crippen molar-refractivity contribution >= 4 is 12.3 Å². The number of aldehydes is 1. The zero-order valence-corrected chi connectivity index (χ0v) is 44.3. The molecular weight excluding hydrogens is 951 g/mol. The van der Waals surface area contributed by atoms with Gasteiger partial charge in [0.25, 0.3) is 0 Å². The lowest BCUT2D eigenvalue weighted by Crippen LogP contribution is -2.87. The van der Waals surface area contributed by atoms with E-state index in [4.69, 9.17) is 4.74 Å². The monoisotopic (exact) mass is 1030 g/mol. The van der Waals surface area contributed by atoms with E-state index in [2.05, 4.69) is 65.4 Å². The number of hydrogen-bond acceptors (Lipinski definition) is 10. The van der Waals surface area contributed by atoms with E-state index in [-0.39, 0.29) is 73.3 Å². The van der Waals surface area contributed by atoms with E-state index in [0.717, 1.165) is 60.7 Å². The van der Waals surface area contributed by atoms with Crippen molar-refractivity contribution < 1.29 is 45.0 Å². The van der Waals surface area contributed by atoms with Crippen LogP contribution in [0.2, 0.25) is 0 Å². The van der Waals surface area contributed by atoms with Gasteiger partial charge in [0.1, 0.15) is 23.6 Å². The standard InChI is InChI=1S/C66H79NO9/c1-67-54-30-48-40(17-9-21-45(48)35-68)16-7-8-24-62-33-44-20-10-18-41(26-38-12-3-2-4-13-38)43-23-25-61(32-43)36-63(37-69)58(44)66(75,64(62,73)34-46-27-50(54)57-51(56(46)62)31-55(70)76-57)60(72)53-29-49-42(28-52(59(61)71)65(53,63)74)19-11-22-47(49)39-14-5-6-15-39/h2-4,9,11-13,17,19,21,31,37,39,41-44,46-47,49-50,52-54,56-60,67-68,71-75H,5-6,8,14-15,18,22-30,32-36H2,1H3/t41-,42+,43-,44+,46-,47+,49+,50-,52-,53-,54-,56+,57-,58+,59+,60-,61+,62+,63-,64+,65+,66+/m0/s1. The third-order valence-electron chi connectivity index (χ3n) is 24.8. The third-order valence-corrected chi connectivity index (χ3v) is 24.8. The van der Waals surface area contributed by atoms with E-state index in [1.807, 2.05) is 31.3 Å². The largest absolute Gasteiger partial charge is 0.454 e. The Morgan fingerprint density at radius 3 is 2.45 bits per heavy atom. The molecule has 7 bridgehead atoms. The Bertz CT molecular complexity index is 2870. The Balaban J connectivity index is 1.01. The highest BCUT2D eigenvalue weighted by Crippen LogP contribution is 2.80. The number of fused-ring (bicyclic) bond motifs is 6. The van der Waals surface area contributed by atoms with Crippen molar-refractivity contribution in [1.29, 1.82) is 0 Å². The summed E-state index contributed by atoms with van der Waals surface area (Å²) in [5.74, 6) is 10.6. The average molecular weight is 1030 g/mol. The molecule has 22 atom stereocenters. The maximum absolute atomic E-state index is 15.5. The van der Waals surface area contributed by atoms with E-state index in [1.54, 1.807) is 6.08 Å². The molecule has 8 saturated carbocycles. The molecule has 10 heteroatoms. The van der Waals surface area contributed by atoms with Crippen LogP contribution in [0.25, 0.3) is 0 Å². The summed E-state index contributed by atoms with van der Waals surface area (Å²) in [5, 5.41) is 86.9. The van der Waals surface area contributed by atoms with Crippen LogP contribution in [-0.2, 0) is 33.8 Å². The molecular formula is C66H79NO9. The lowest BCUT2D eigenvalue weighted by atomic mass is 9.31. The number of allylic oxidation sites excluding steroid dienone is 2. The Labute approximate surface area is 448 Å². The van der Waals surface area contributed by atoms with Gasteiger partial charge >= 0.3 is 5.97 Å². The van der Waals surface area contributed by atoms with Crippen LogP contribution in [-0.4, -0.2) is 91.1 Å². The fraction of sp³-hybridized carbons (Fsp3) is 0.667. The second kappa shape index (κ2) is 18.0. The number of carbonyl (C=O) groups is 2. The number of aliphatic hydroxyl groups is 6. The number of hydrogen-bond donors (Lipinski definition) is 7.